The van der Waals surface area contributed by atoms with Gasteiger partial charge in [-0.15, -0.1) is 0 Å². The summed E-state index contributed by atoms with van der Waals surface area (Å²) >= 11 is 5.80. The minimum absolute atomic E-state index is 0.270. The van der Waals surface area contributed by atoms with Crippen molar-refractivity contribution in [2.24, 2.45) is 0 Å². The molecule has 106 valence electrons. The summed E-state index contributed by atoms with van der Waals surface area (Å²) in [5, 5.41) is 3.62. The van der Waals surface area contributed by atoms with Gasteiger partial charge in [0.1, 0.15) is 5.82 Å². The van der Waals surface area contributed by atoms with Gasteiger partial charge in [0.25, 0.3) is 5.56 Å². The Morgan fingerprint density at radius 3 is 2.81 bits per heavy atom. The van der Waals surface area contributed by atoms with E-state index in [2.05, 4.69) is 15.3 Å². The first-order chi connectivity index (χ1) is 10.0. The zero-order valence-corrected chi connectivity index (χ0v) is 11.4. The second-order valence-electron chi connectivity index (χ2n) is 4.47. The van der Waals surface area contributed by atoms with Crippen molar-refractivity contribution in [2.45, 2.75) is 0 Å². The van der Waals surface area contributed by atoms with Gasteiger partial charge in [-0.2, -0.15) is 0 Å². The molecule has 0 amide bonds. The summed E-state index contributed by atoms with van der Waals surface area (Å²) in [7, 11) is 0. The lowest BCUT2D eigenvalue weighted by atomic mass is 10.2. The Labute approximate surface area is 123 Å². The fraction of sp³-hybridized carbons (Fsp3) is 0. The number of benzene rings is 2. The van der Waals surface area contributed by atoms with Gasteiger partial charge < -0.3 is 16.0 Å². The molecule has 3 aromatic rings. The summed E-state index contributed by atoms with van der Waals surface area (Å²) in [6.07, 6.45) is 1.31. The maximum Gasteiger partial charge on any atom is 0.258 e. The Balaban J connectivity index is 2.08. The Hall–Kier alpha value is -2.60. The Morgan fingerprint density at radius 2 is 2.05 bits per heavy atom. The van der Waals surface area contributed by atoms with E-state index in [1.54, 1.807) is 12.1 Å². The number of aromatic nitrogens is 2. The lowest BCUT2D eigenvalue weighted by Gasteiger charge is -2.11. The zero-order chi connectivity index (χ0) is 15.0. The summed E-state index contributed by atoms with van der Waals surface area (Å²) in [6, 6.07) is 7.21. The van der Waals surface area contributed by atoms with Crippen molar-refractivity contribution in [1.82, 2.24) is 9.97 Å². The van der Waals surface area contributed by atoms with Crippen molar-refractivity contribution in [3.63, 3.8) is 0 Å². The molecule has 0 atom stereocenters. The summed E-state index contributed by atoms with van der Waals surface area (Å²) in [4.78, 5) is 18.2. The first kappa shape index (κ1) is 13.4. The van der Waals surface area contributed by atoms with Crippen molar-refractivity contribution in [3.05, 3.63) is 57.9 Å². The summed E-state index contributed by atoms with van der Waals surface area (Å²) < 4.78 is 13.3. The molecule has 0 unspecified atom stereocenters. The summed E-state index contributed by atoms with van der Waals surface area (Å²) in [6.45, 7) is 0. The van der Waals surface area contributed by atoms with Gasteiger partial charge in [0.2, 0.25) is 0 Å². The highest BCUT2D eigenvalue weighted by Gasteiger charge is 2.07. The van der Waals surface area contributed by atoms with E-state index >= 15 is 0 Å². The van der Waals surface area contributed by atoms with E-state index in [0.29, 0.717) is 28.0 Å². The van der Waals surface area contributed by atoms with Gasteiger partial charge in [-0.25, -0.2) is 9.37 Å². The number of nitrogens with one attached hydrogen (secondary N) is 2. The number of rotatable bonds is 2. The molecule has 0 saturated carbocycles. The maximum atomic E-state index is 13.3. The van der Waals surface area contributed by atoms with Crippen LogP contribution in [0, 0.1) is 5.82 Å². The number of nitrogen functional groups attached to an aromatic ring is 1. The quantitative estimate of drug-likeness (QED) is 0.635. The molecular formula is C14H10ClFN4O. The molecule has 0 radical (unpaired) electrons. The highest BCUT2D eigenvalue weighted by Crippen LogP contribution is 2.28. The van der Waals surface area contributed by atoms with Crippen molar-refractivity contribution >= 4 is 39.6 Å². The molecule has 0 fully saturated rings. The van der Waals surface area contributed by atoms with Crippen LogP contribution in [0.2, 0.25) is 5.02 Å². The van der Waals surface area contributed by atoms with Crippen molar-refractivity contribution in [1.29, 1.82) is 0 Å². The van der Waals surface area contributed by atoms with Gasteiger partial charge in [-0.3, -0.25) is 4.79 Å². The van der Waals surface area contributed by atoms with E-state index in [9.17, 15) is 9.18 Å². The number of fused-ring (bicyclic) bond motifs is 1. The maximum absolute atomic E-state index is 13.3. The minimum atomic E-state index is -0.459. The molecule has 0 aliphatic heterocycles. The Morgan fingerprint density at radius 1 is 1.24 bits per heavy atom. The first-order valence-electron chi connectivity index (χ1n) is 6.03. The highest BCUT2D eigenvalue weighted by atomic mass is 35.5. The molecule has 2 aromatic carbocycles. The number of aromatic amines is 1. The zero-order valence-electron chi connectivity index (χ0n) is 10.7. The van der Waals surface area contributed by atoms with E-state index in [0.717, 1.165) is 0 Å². The van der Waals surface area contributed by atoms with E-state index in [4.69, 9.17) is 17.3 Å². The van der Waals surface area contributed by atoms with Crippen LogP contribution in [0.4, 0.5) is 21.5 Å². The molecule has 4 N–H and O–H groups in total. The molecule has 21 heavy (non-hydrogen) atoms. The van der Waals surface area contributed by atoms with Crippen LogP contribution in [0.15, 0.2) is 41.5 Å². The van der Waals surface area contributed by atoms with Gasteiger partial charge in [-0.05, 0) is 30.3 Å². The van der Waals surface area contributed by atoms with Gasteiger partial charge in [0.15, 0.2) is 0 Å². The highest BCUT2D eigenvalue weighted by molar-refractivity contribution is 6.30. The van der Waals surface area contributed by atoms with Crippen LogP contribution in [-0.4, -0.2) is 9.97 Å². The number of nitrogens with zero attached hydrogens (tertiary/aromatic N) is 1. The standard InChI is InChI=1S/C14H10ClFN4O/c15-7-1-8(16)3-9(2-7)20-13-5-12-10(4-11(13)17)14(21)19-6-18-12/h1-6,20H,17H2,(H,18,19,21). The molecule has 1 aromatic heterocycles. The summed E-state index contributed by atoms with van der Waals surface area (Å²) in [5.41, 5.74) is 7.44. The molecule has 1 heterocycles. The third kappa shape index (κ3) is 2.66. The SMILES string of the molecule is Nc1cc2c(=O)[nH]cnc2cc1Nc1cc(F)cc(Cl)c1. The van der Waals surface area contributed by atoms with E-state index in [-0.39, 0.29) is 10.6 Å². The van der Waals surface area contributed by atoms with Gasteiger partial charge in [-0.1, -0.05) is 11.6 Å². The van der Waals surface area contributed by atoms with Crippen LogP contribution in [0.3, 0.4) is 0 Å². The lowest BCUT2D eigenvalue weighted by Crippen LogP contribution is -2.07. The topological polar surface area (TPSA) is 83.8 Å². The van der Waals surface area contributed by atoms with Crippen LogP contribution in [0.25, 0.3) is 10.9 Å². The Bertz CT molecular complexity index is 874. The lowest BCUT2D eigenvalue weighted by molar-refractivity contribution is 0.628. The molecule has 5 nitrogen and oxygen atoms in total. The average Bonchev–Trinajstić information content (AvgIpc) is 2.40. The van der Waals surface area contributed by atoms with Crippen molar-refractivity contribution in [2.75, 3.05) is 11.1 Å². The number of hydrogen-bond donors (Lipinski definition) is 3. The Kier molecular flexibility index (Phi) is 3.23. The average molecular weight is 305 g/mol. The van der Waals surface area contributed by atoms with Crippen molar-refractivity contribution < 1.29 is 4.39 Å². The number of H-pyrrole nitrogens is 1. The second kappa shape index (κ2) is 5.06. The molecule has 0 spiro atoms. The summed E-state index contributed by atoms with van der Waals surface area (Å²) in [5.74, 6) is -0.459. The van der Waals surface area contributed by atoms with Crippen LogP contribution in [-0.2, 0) is 0 Å². The largest absolute Gasteiger partial charge is 0.397 e. The van der Waals surface area contributed by atoms with Crippen molar-refractivity contribution in [3.8, 4) is 0 Å². The molecule has 0 saturated heterocycles. The normalized spacial score (nSPS) is 10.8. The fourth-order valence-electron chi connectivity index (χ4n) is 2.02. The second-order valence-corrected chi connectivity index (χ2v) is 4.91. The predicted molar refractivity (Wildman–Crippen MR) is 81.5 cm³/mol. The third-order valence-electron chi connectivity index (χ3n) is 2.95. The molecule has 7 heteroatoms. The van der Waals surface area contributed by atoms with Gasteiger partial charge in [0.05, 0.1) is 28.6 Å². The predicted octanol–water partition coefficient (Wildman–Crippen LogP) is 3.04. The smallest absolute Gasteiger partial charge is 0.258 e. The minimum Gasteiger partial charge on any atom is -0.397 e. The third-order valence-corrected chi connectivity index (χ3v) is 3.17. The van der Waals surface area contributed by atoms with Gasteiger partial charge in [0, 0.05) is 10.7 Å². The van der Waals surface area contributed by atoms with Gasteiger partial charge >= 0.3 is 0 Å². The van der Waals surface area contributed by atoms with Crippen LogP contribution >= 0.6 is 11.6 Å². The molecular weight excluding hydrogens is 295 g/mol. The monoisotopic (exact) mass is 304 g/mol. The van der Waals surface area contributed by atoms with Crippen LogP contribution < -0.4 is 16.6 Å². The number of halogens is 2. The number of anilines is 3. The number of hydrogen-bond acceptors (Lipinski definition) is 4. The van der Waals surface area contributed by atoms with E-state index in [1.165, 1.54) is 24.5 Å². The molecule has 0 bridgehead atoms. The molecule has 0 aliphatic carbocycles. The number of nitrogens with two attached hydrogens (primary N) is 1. The molecule has 0 aliphatic rings. The fourth-order valence-corrected chi connectivity index (χ4v) is 2.24. The van der Waals surface area contributed by atoms with Crippen LogP contribution in [0.5, 0.6) is 0 Å². The van der Waals surface area contributed by atoms with E-state index < -0.39 is 5.82 Å². The van der Waals surface area contributed by atoms with Crippen LogP contribution in [0.1, 0.15) is 0 Å². The molecule has 3 rings (SSSR count). The van der Waals surface area contributed by atoms with E-state index in [1.807, 2.05) is 0 Å². The first-order valence-corrected chi connectivity index (χ1v) is 6.41.